The number of anilines is 1. The molecule has 3 rings (SSSR count). The standard InChI is InChI=1S/C25H29N3O/c1-4-28(5-2)22-12-10-20(11-13-22)24(23-9-7-6-8-19(23)3)18-25(27-29)21-14-16-26-17-15-21/h6-17,24,29H,4-5,18H2,1-3H3/b27-25+. The van der Waals surface area contributed by atoms with Crippen LogP contribution in [-0.2, 0) is 0 Å². The predicted molar refractivity (Wildman–Crippen MR) is 120 cm³/mol. The molecule has 0 saturated carbocycles. The van der Waals surface area contributed by atoms with Gasteiger partial charge in [-0.25, -0.2) is 0 Å². The molecule has 3 aromatic rings. The third kappa shape index (κ3) is 4.83. The van der Waals surface area contributed by atoms with Crippen molar-refractivity contribution in [2.24, 2.45) is 5.16 Å². The third-order valence-corrected chi connectivity index (χ3v) is 5.52. The van der Waals surface area contributed by atoms with Crippen molar-refractivity contribution in [2.45, 2.75) is 33.1 Å². The lowest BCUT2D eigenvalue weighted by Gasteiger charge is -2.24. The van der Waals surface area contributed by atoms with Crippen LogP contribution in [0.5, 0.6) is 0 Å². The first-order valence-electron chi connectivity index (χ1n) is 10.2. The van der Waals surface area contributed by atoms with Crippen molar-refractivity contribution >= 4 is 11.4 Å². The lowest BCUT2D eigenvalue weighted by Crippen LogP contribution is -2.21. The van der Waals surface area contributed by atoms with Gasteiger partial charge in [-0.2, -0.15) is 0 Å². The van der Waals surface area contributed by atoms with E-state index in [0.29, 0.717) is 12.1 Å². The zero-order valence-corrected chi connectivity index (χ0v) is 17.4. The van der Waals surface area contributed by atoms with E-state index in [4.69, 9.17) is 0 Å². The summed E-state index contributed by atoms with van der Waals surface area (Å²) in [6.07, 6.45) is 4.06. The second-order valence-corrected chi connectivity index (χ2v) is 7.16. The van der Waals surface area contributed by atoms with Crippen molar-refractivity contribution in [3.63, 3.8) is 0 Å². The molecule has 1 heterocycles. The fraction of sp³-hybridized carbons (Fsp3) is 0.280. The number of rotatable bonds is 8. The molecule has 4 nitrogen and oxygen atoms in total. The van der Waals surface area contributed by atoms with E-state index in [-0.39, 0.29) is 5.92 Å². The second kappa shape index (κ2) is 9.87. The number of nitrogens with zero attached hydrogens (tertiary/aromatic N) is 3. The molecule has 1 unspecified atom stereocenters. The van der Waals surface area contributed by atoms with Crippen molar-refractivity contribution in [3.05, 3.63) is 95.3 Å². The SMILES string of the molecule is CCN(CC)c1ccc(C(C/C(=N\O)c2ccncc2)c2ccccc2C)cc1. The maximum atomic E-state index is 9.73. The minimum absolute atomic E-state index is 0.0982. The number of hydrogen-bond acceptors (Lipinski definition) is 4. The quantitative estimate of drug-likeness (QED) is 0.309. The average Bonchev–Trinajstić information content (AvgIpc) is 2.77. The maximum absolute atomic E-state index is 9.73. The first-order chi connectivity index (χ1) is 14.2. The van der Waals surface area contributed by atoms with E-state index in [1.807, 2.05) is 12.1 Å². The highest BCUT2D eigenvalue weighted by Gasteiger charge is 2.20. The lowest BCUT2D eigenvalue weighted by atomic mass is 9.83. The lowest BCUT2D eigenvalue weighted by molar-refractivity contribution is 0.317. The van der Waals surface area contributed by atoms with E-state index < -0.39 is 0 Å². The van der Waals surface area contributed by atoms with E-state index in [9.17, 15) is 5.21 Å². The fourth-order valence-electron chi connectivity index (χ4n) is 3.85. The average molecular weight is 388 g/mol. The van der Waals surface area contributed by atoms with Gasteiger partial charge in [0.1, 0.15) is 0 Å². The molecule has 0 fully saturated rings. The molecule has 0 aliphatic heterocycles. The Bertz CT molecular complexity index is 932. The summed E-state index contributed by atoms with van der Waals surface area (Å²) in [6.45, 7) is 8.45. The van der Waals surface area contributed by atoms with Gasteiger partial charge in [-0.15, -0.1) is 0 Å². The van der Waals surface area contributed by atoms with Gasteiger partial charge in [0, 0.05) is 49.1 Å². The van der Waals surface area contributed by atoms with Crippen LogP contribution in [0, 0.1) is 6.92 Å². The number of pyridine rings is 1. The molecule has 1 aromatic heterocycles. The Labute approximate surface area is 173 Å². The summed E-state index contributed by atoms with van der Waals surface area (Å²) >= 11 is 0. The maximum Gasteiger partial charge on any atom is 0.0878 e. The summed E-state index contributed by atoms with van der Waals surface area (Å²) < 4.78 is 0. The van der Waals surface area contributed by atoms with Gasteiger partial charge in [0.05, 0.1) is 5.71 Å². The van der Waals surface area contributed by atoms with E-state index in [1.165, 1.54) is 22.4 Å². The van der Waals surface area contributed by atoms with Crippen molar-refractivity contribution in [1.82, 2.24) is 4.98 Å². The molecule has 0 aliphatic rings. The monoisotopic (exact) mass is 387 g/mol. The van der Waals surface area contributed by atoms with Gasteiger partial charge in [-0.1, -0.05) is 41.6 Å². The van der Waals surface area contributed by atoms with Crippen LogP contribution < -0.4 is 4.90 Å². The van der Waals surface area contributed by atoms with Crippen LogP contribution >= 0.6 is 0 Å². The van der Waals surface area contributed by atoms with Crippen LogP contribution in [0.3, 0.4) is 0 Å². The highest BCUT2D eigenvalue weighted by Crippen LogP contribution is 2.33. The van der Waals surface area contributed by atoms with Crippen LogP contribution in [0.1, 0.15) is 48.4 Å². The first-order valence-corrected chi connectivity index (χ1v) is 10.2. The molecule has 0 aliphatic carbocycles. The number of aromatic nitrogens is 1. The molecule has 0 bridgehead atoms. The summed E-state index contributed by atoms with van der Waals surface area (Å²) in [7, 11) is 0. The Morgan fingerprint density at radius 1 is 0.966 bits per heavy atom. The molecule has 150 valence electrons. The van der Waals surface area contributed by atoms with Crippen molar-refractivity contribution in [2.75, 3.05) is 18.0 Å². The van der Waals surface area contributed by atoms with Crippen LogP contribution in [0.4, 0.5) is 5.69 Å². The van der Waals surface area contributed by atoms with Crippen molar-refractivity contribution < 1.29 is 5.21 Å². The molecule has 0 spiro atoms. The number of oxime groups is 1. The zero-order valence-electron chi connectivity index (χ0n) is 17.4. The zero-order chi connectivity index (χ0) is 20.6. The van der Waals surface area contributed by atoms with Crippen LogP contribution in [-0.4, -0.2) is 29.0 Å². The molecule has 2 aromatic carbocycles. The van der Waals surface area contributed by atoms with E-state index >= 15 is 0 Å². The molecule has 1 N–H and O–H groups in total. The summed E-state index contributed by atoms with van der Waals surface area (Å²) in [5, 5.41) is 13.4. The van der Waals surface area contributed by atoms with Gasteiger partial charge in [0.15, 0.2) is 0 Å². The van der Waals surface area contributed by atoms with Crippen LogP contribution in [0.25, 0.3) is 0 Å². The number of aryl methyl sites for hydroxylation is 1. The first kappa shape index (κ1) is 20.6. The Kier molecular flexibility index (Phi) is 7.01. The Hall–Kier alpha value is -3.14. The summed E-state index contributed by atoms with van der Waals surface area (Å²) in [5.41, 5.74) is 6.47. The van der Waals surface area contributed by atoms with Gasteiger partial charge in [0.2, 0.25) is 0 Å². The molecular weight excluding hydrogens is 358 g/mol. The fourth-order valence-corrected chi connectivity index (χ4v) is 3.85. The molecule has 0 saturated heterocycles. The third-order valence-electron chi connectivity index (χ3n) is 5.52. The smallest absolute Gasteiger partial charge is 0.0878 e. The molecule has 4 heteroatoms. The van der Waals surface area contributed by atoms with E-state index in [1.54, 1.807) is 12.4 Å². The largest absolute Gasteiger partial charge is 0.411 e. The molecular formula is C25H29N3O. The minimum atomic E-state index is 0.0982. The highest BCUT2D eigenvalue weighted by atomic mass is 16.4. The van der Waals surface area contributed by atoms with Crippen molar-refractivity contribution in [3.8, 4) is 0 Å². The number of benzene rings is 2. The van der Waals surface area contributed by atoms with Gasteiger partial charge < -0.3 is 10.1 Å². The molecule has 0 radical (unpaired) electrons. The summed E-state index contributed by atoms with van der Waals surface area (Å²) in [4.78, 5) is 6.41. The van der Waals surface area contributed by atoms with Crippen LogP contribution in [0.15, 0.2) is 78.2 Å². The Balaban J connectivity index is 1.99. The topological polar surface area (TPSA) is 48.7 Å². The Morgan fingerprint density at radius 2 is 1.62 bits per heavy atom. The normalized spacial score (nSPS) is 12.6. The van der Waals surface area contributed by atoms with Gasteiger partial charge >= 0.3 is 0 Å². The van der Waals surface area contributed by atoms with Gasteiger partial charge in [0.25, 0.3) is 0 Å². The summed E-state index contributed by atoms with van der Waals surface area (Å²) in [6, 6.07) is 21.0. The van der Waals surface area contributed by atoms with Gasteiger partial charge in [-0.3, -0.25) is 4.98 Å². The van der Waals surface area contributed by atoms with Crippen molar-refractivity contribution in [1.29, 1.82) is 0 Å². The molecule has 29 heavy (non-hydrogen) atoms. The summed E-state index contributed by atoms with van der Waals surface area (Å²) in [5.74, 6) is 0.0982. The Morgan fingerprint density at radius 3 is 2.21 bits per heavy atom. The second-order valence-electron chi connectivity index (χ2n) is 7.16. The molecule has 1 atom stereocenters. The highest BCUT2D eigenvalue weighted by molar-refractivity contribution is 6.00. The van der Waals surface area contributed by atoms with E-state index in [0.717, 1.165) is 18.7 Å². The minimum Gasteiger partial charge on any atom is -0.411 e. The molecule has 0 amide bonds. The number of hydrogen-bond donors (Lipinski definition) is 1. The van der Waals surface area contributed by atoms with E-state index in [2.05, 4.69) is 84.3 Å². The van der Waals surface area contributed by atoms with Gasteiger partial charge in [-0.05, 0) is 61.7 Å². The van der Waals surface area contributed by atoms with Crippen LogP contribution in [0.2, 0.25) is 0 Å². The predicted octanol–water partition coefficient (Wildman–Crippen LogP) is 5.64.